The molecule has 0 spiro atoms. The van der Waals surface area contributed by atoms with Crippen molar-refractivity contribution >= 4 is 73.4 Å². The first-order valence-corrected chi connectivity index (χ1v) is 12.1. The SMILES string of the molecule is CCOc1cc2c(cc1C(=O)Nc1ccc(Br)cc1)nc(Nc1c(Cl)cncc1Cl)n2OCC(F)(F)F. The van der Waals surface area contributed by atoms with Gasteiger partial charge in [-0.3, -0.25) is 9.78 Å². The number of alkyl halides is 3. The second-order valence-corrected chi connectivity index (χ2v) is 9.18. The zero-order chi connectivity index (χ0) is 26.7. The molecular weight excluding hydrogens is 602 g/mol. The Bertz CT molecular complexity index is 1430. The molecule has 0 aliphatic rings. The zero-order valence-corrected chi connectivity index (χ0v) is 22.0. The van der Waals surface area contributed by atoms with E-state index in [1.807, 2.05) is 0 Å². The largest absolute Gasteiger partial charge is 0.493 e. The van der Waals surface area contributed by atoms with E-state index in [1.54, 1.807) is 31.2 Å². The van der Waals surface area contributed by atoms with Crippen LogP contribution < -0.4 is 20.2 Å². The number of imidazole rings is 1. The number of pyridine rings is 1. The molecule has 194 valence electrons. The number of rotatable bonds is 8. The van der Waals surface area contributed by atoms with E-state index in [9.17, 15) is 18.0 Å². The Labute approximate surface area is 226 Å². The summed E-state index contributed by atoms with van der Waals surface area (Å²) < 4.78 is 46.4. The van der Waals surface area contributed by atoms with Gasteiger partial charge < -0.3 is 20.2 Å². The minimum atomic E-state index is -4.63. The van der Waals surface area contributed by atoms with Crippen LogP contribution in [0.25, 0.3) is 11.0 Å². The van der Waals surface area contributed by atoms with Gasteiger partial charge in [0.25, 0.3) is 5.91 Å². The predicted molar refractivity (Wildman–Crippen MR) is 138 cm³/mol. The second kappa shape index (κ2) is 11.0. The van der Waals surface area contributed by atoms with Crippen molar-refractivity contribution in [3.63, 3.8) is 0 Å². The minimum absolute atomic E-state index is 0.103. The van der Waals surface area contributed by atoms with Crippen LogP contribution >= 0.6 is 39.1 Å². The molecule has 0 fully saturated rings. The van der Waals surface area contributed by atoms with Crippen LogP contribution in [-0.4, -0.2) is 40.0 Å². The number of halogens is 6. The predicted octanol–water partition coefficient (Wildman–Crippen LogP) is 6.89. The van der Waals surface area contributed by atoms with E-state index in [0.29, 0.717) is 5.69 Å². The van der Waals surface area contributed by atoms with E-state index in [-0.39, 0.29) is 50.6 Å². The van der Waals surface area contributed by atoms with Crippen molar-refractivity contribution in [2.75, 3.05) is 23.8 Å². The average molecular weight is 619 g/mol. The first kappa shape index (κ1) is 26.8. The highest BCUT2D eigenvalue weighted by atomic mass is 79.9. The van der Waals surface area contributed by atoms with Gasteiger partial charge in [-0.1, -0.05) is 39.1 Å². The molecule has 0 unspecified atom stereocenters. The fourth-order valence-corrected chi connectivity index (χ4v) is 3.98. The third kappa shape index (κ3) is 6.38. The van der Waals surface area contributed by atoms with Gasteiger partial charge in [-0.25, -0.2) is 4.98 Å². The number of hydrogen-bond donors (Lipinski definition) is 2. The molecule has 37 heavy (non-hydrogen) atoms. The van der Waals surface area contributed by atoms with Crippen molar-refractivity contribution in [3.8, 4) is 5.75 Å². The summed E-state index contributed by atoms with van der Waals surface area (Å²) in [5.41, 5.74) is 1.05. The molecule has 0 aliphatic heterocycles. The lowest BCUT2D eigenvalue weighted by molar-refractivity contribution is -0.172. The van der Waals surface area contributed by atoms with Gasteiger partial charge in [-0.15, -0.1) is 4.73 Å². The highest BCUT2D eigenvalue weighted by molar-refractivity contribution is 9.10. The summed E-state index contributed by atoms with van der Waals surface area (Å²) in [6, 6.07) is 9.68. The van der Waals surface area contributed by atoms with Crippen molar-refractivity contribution < 1.29 is 27.5 Å². The van der Waals surface area contributed by atoms with Gasteiger partial charge in [-0.05, 0) is 37.3 Å². The van der Waals surface area contributed by atoms with Crippen molar-refractivity contribution in [3.05, 3.63) is 68.9 Å². The summed E-state index contributed by atoms with van der Waals surface area (Å²) in [7, 11) is 0. The van der Waals surface area contributed by atoms with Crippen molar-refractivity contribution in [2.24, 2.45) is 0 Å². The third-order valence-corrected chi connectivity index (χ3v) is 5.91. The number of aromatic nitrogens is 3. The lowest BCUT2D eigenvalue weighted by Crippen LogP contribution is -2.26. The topological polar surface area (TPSA) is 90.3 Å². The van der Waals surface area contributed by atoms with E-state index >= 15 is 0 Å². The maximum absolute atomic E-state index is 13.1. The molecule has 0 radical (unpaired) electrons. The molecule has 2 N–H and O–H groups in total. The first-order chi connectivity index (χ1) is 17.6. The van der Waals surface area contributed by atoms with Gasteiger partial charge in [0.15, 0.2) is 0 Å². The molecule has 8 nitrogen and oxygen atoms in total. The quantitative estimate of drug-likeness (QED) is 0.224. The first-order valence-electron chi connectivity index (χ1n) is 10.6. The molecular formula is C23H17BrCl2F3N5O3. The number of carbonyl (C=O) groups excluding carboxylic acids is 1. The molecule has 2 aromatic heterocycles. The minimum Gasteiger partial charge on any atom is -0.493 e. The zero-order valence-electron chi connectivity index (χ0n) is 18.9. The van der Waals surface area contributed by atoms with Gasteiger partial charge in [0, 0.05) is 28.6 Å². The number of fused-ring (bicyclic) bond motifs is 1. The number of ether oxygens (including phenoxy) is 1. The number of benzene rings is 2. The highest BCUT2D eigenvalue weighted by Crippen LogP contribution is 2.34. The summed E-state index contributed by atoms with van der Waals surface area (Å²) in [6.07, 6.45) is -2.03. The van der Waals surface area contributed by atoms with Crippen molar-refractivity contribution in [1.29, 1.82) is 0 Å². The molecule has 14 heteroatoms. The van der Waals surface area contributed by atoms with Crippen LogP contribution in [0.1, 0.15) is 17.3 Å². The fraction of sp³-hybridized carbons (Fsp3) is 0.174. The number of nitrogens with zero attached hydrogens (tertiary/aromatic N) is 3. The number of nitrogens with one attached hydrogen (secondary N) is 2. The van der Waals surface area contributed by atoms with Crippen molar-refractivity contribution in [1.82, 2.24) is 14.7 Å². The van der Waals surface area contributed by atoms with Gasteiger partial charge >= 0.3 is 6.18 Å². The molecule has 1 amide bonds. The lowest BCUT2D eigenvalue weighted by Gasteiger charge is -2.15. The number of amides is 1. The Morgan fingerprint density at radius 1 is 1.14 bits per heavy atom. The summed E-state index contributed by atoms with van der Waals surface area (Å²) in [6.45, 7) is 0.286. The molecule has 4 rings (SSSR count). The van der Waals surface area contributed by atoms with Crippen LogP contribution in [0.15, 0.2) is 53.3 Å². The van der Waals surface area contributed by atoms with Gasteiger partial charge in [0.2, 0.25) is 12.6 Å². The highest BCUT2D eigenvalue weighted by Gasteiger charge is 2.30. The van der Waals surface area contributed by atoms with E-state index in [2.05, 4.69) is 36.5 Å². The summed E-state index contributed by atoms with van der Waals surface area (Å²) >= 11 is 15.6. The number of hydrogen-bond acceptors (Lipinski definition) is 6. The lowest BCUT2D eigenvalue weighted by atomic mass is 10.1. The Hall–Kier alpha value is -3.22. The van der Waals surface area contributed by atoms with Gasteiger partial charge in [0.1, 0.15) is 11.3 Å². The molecule has 0 aliphatic carbocycles. The standard InChI is InChI=1S/C23H17BrCl2F3N5O3/c1-2-36-19-8-18-17(7-14(19)21(35)31-13-5-3-12(24)4-6-13)32-22(34(18)37-11-23(27,28)29)33-20-15(25)9-30-10-16(20)26/h3-10H,2,11H2,1H3,(H,31,35)(H,30,32,33). The number of carbonyl (C=O) groups is 1. The van der Waals surface area contributed by atoms with Gasteiger partial charge in [-0.2, -0.15) is 13.2 Å². The summed E-state index contributed by atoms with van der Waals surface area (Å²) in [5.74, 6) is -0.553. The third-order valence-electron chi connectivity index (χ3n) is 4.81. The van der Waals surface area contributed by atoms with Crippen LogP contribution in [0.2, 0.25) is 10.0 Å². The molecule has 4 aromatic rings. The van der Waals surface area contributed by atoms with Crippen LogP contribution in [0, 0.1) is 0 Å². The molecule has 2 heterocycles. The Balaban J connectivity index is 1.80. The molecule has 0 saturated carbocycles. The second-order valence-electron chi connectivity index (χ2n) is 7.45. The summed E-state index contributed by atoms with van der Waals surface area (Å²) in [4.78, 5) is 26.3. The van der Waals surface area contributed by atoms with E-state index in [0.717, 1.165) is 9.20 Å². The van der Waals surface area contributed by atoms with E-state index < -0.39 is 18.7 Å². The van der Waals surface area contributed by atoms with Crippen LogP contribution in [-0.2, 0) is 0 Å². The monoisotopic (exact) mass is 617 g/mol. The maximum Gasteiger partial charge on any atom is 0.425 e. The number of anilines is 3. The van der Waals surface area contributed by atoms with Crippen LogP contribution in [0.5, 0.6) is 5.75 Å². The molecule has 0 bridgehead atoms. The van der Waals surface area contributed by atoms with E-state index in [4.69, 9.17) is 32.8 Å². The van der Waals surface area contributed by atoms with Crippen LogP contribution in [0.3, 0.4) is 0 Å². The Kier molecular flexibility index (Phi) is 8.00. The molecule has 0 atom stereocenters. The van der Waals surface area contributed by atoms with Crippen molar-refractivity contribution in [2.45, 2.75) is 13.1 Å². The smallest absolute Gasteiger partial charge is 0.425 e. The molecule has 2 aromatic carbocycles. The summed E-state index contributed by atoms with van der Waals surface area (Å²) in [5, 5.41) is 5.75. The van der Waals surface area contributed by atoms with E-state index in [1.165, 1.54) is 24.5 Å². The Morgan fingerprint density at radius 3 is 2.43 bits per heavy atom. The maximum atomic E-state index is 13.1. The molecule has 0 saturated heterocycles. The fourth-order valence-electron chi connectivity index (χ4n) is 3.26. The average Bonchev–Trinajstić information content (AvgIpc) is 3.17. The Morgan fingerprint density at radius 2 is 1.81 bits per heavy atom. The van der Waals surface area contributed by atoms with Crippen LogP contribution in [0.4, 0.5) is 30.5 Å². The van der Waals surface area contributed by atoms with Gasteiger partial charge in [0.05, 0.1) is 33.4 Å². The normalized spacial score (nSPS) is 11.4.